The van der Waals surface area contributed by atoms with Crippen molar-refractivity contribution in [1.82, 2.24) is 0 Å². The Kier molecular flexibility index (Phi) is 11.8. The standard InChI is InChI=1S/2C16H21.C7H9Si.2C4H9.Zr/c2*1-10(2)13-8-14-6-12(5)7-16(14)15(9-13)11(3)4;1-8-7-5-3-2-4-6-7;2*1-3-4-2;/h2*6-11H,1-5H3;2-6,8H,1H3;2*1,3-4H2,2H3;. The monoisotopic (exact) mass is 751 g/mol. The quantitative estimate of drug-likeness (QED) is 0.144. The van der Waals surface area contributed by atoms with Crippen LogP contribution in [0.4, 0.5) is 0 Å². The van der Waals surface area contributed by atoms with Crippen LogP contribution in [0.1, 0.15) is 184 Å². The van der Waals surface area contributed by atoms with Crippen molar-refractivity contribution in [2.75, 3.05) is 0 Å². The molecule has 5 rings (SSSR count). The molecule has 2 aliphatic carbocycles. The van der Waals surface area contributed by atoms with E-state index in [1.807, 2.05) is 0 Å². The molecule has 0 bridgehead atoms. The first-order valence-corrected chi connectivity index (χ1v) is 33.0. The van der Waals surface area contributed by atoms with Gasteiger partial charge in [0.2, 0.25) is 0 Å². The van der Waals surface area contributed by atoms with Gasteiger partial charge >= 0.3 is 306 Å². The molecule has 0 amide bonds. The van der Waals surface area contributed by atoms with Crippen molar-refractivity contribution < 1.29 is 17.9 Å². The zero-order valence-corrected chi connectivity index (χ0v) is 37.2. The molecule has 3 atom stereocenters. The van der Waals surface area contributed by atoms with Gasteiger partial charge in [-0.25, -0.2) is 0 Å². The summed E-state index contributed by atoms with van der Waals surface area (Å²) in [5.41, 5.74) is 16.4. The predicted octanol–water partition coefficient (Wildman–Crippen LogP) is 14.2. The Morgan fingerprint density at radius 2 is 1.00 bits per heavy atom. The molecule has 265 valence electrons. The summed E-state index contributed by atoms with van der Waals surface area (Å²) in [5, 5.41) is 1.73. The summed E-state index contributed by atoms with van der Waals surface area (Å²) < 4.78 is 4.15. The average Bonchev–Trinajstić information content (AvgIpc) is 3.60. The van der Waals surface area contributed by atoms with Crippen molar-refractivity contribution >= 4 is 23.3 Å². The van der Waals surface area contributed by atoms with Gasteiger partial charge in [0.05, 0.1) is 0 Å². The van der Waals surface area contributed by atoms with Gasteiger partial charge in [-0.2, -0.15) is 0 Å². The van der Waals surface area contributed by atoms with E-state index >= 15 is 0 Å². The van der Waals surface area contributed by atoms with Gasteiger partial charge in [-0.3, -0.25) is 0 Å². The van der Waals surface area contributed by atoms with Gasteiger partial charge in [0.1, 0.15) is 0 Å². The molecular formula is C47H69SiZr. The molecule has 3 unspecified atom stereocenters. The number of unbranched alkanes of at least 4 members (excludes halogenated alkanes) is 2. The van der Waals surface area contributed by atoms with E-state index in [-0.39, 0.29) is 0 Å². The van der Waals surface area contributed by atoms with Crippen LogP contribution in [0.5, 0.6) is 0 Å². The SMILES string of the molecule is CCC[CH2][Zr]([CH2]CCC)([CH]1C(C)=Cc2c(C(C)C)cc(C(C)C)cc21)([CH]1C(C)=Cc2c(C(C)C)cc(C(C)C)cc21)[SiH](C)c1ccccc1. The Balaban J connectivity index is 2.02. The predicted molar refractivity (Wildman–Crippen MR) is 221 cm³/mol. The average molecular weight is 753 g/mol. The van der Waals surface area contributed by atoms with E-state index in [4.69, 9.17) is 0 Å². The van der Waals surface area contributed by atoms with Gasteiger partial charge in [-0.15, -0.1) is 0 Å². The van der Waals surface area contributed by atoms with E-state index in [1.54, 1.807) is 60.8 Å². The maximum absolute atomic E-state index is 4.22. The number of allylic oxidation sites excluding steroid dienone is 2. The molecule has 0 spiro atoms. The first-order chi connectivity index (χ1) is 23.2. The number of rotatable bonds is 14. The van der Waals surface area contributed by atoms with E-state index in [0.717, 1.165) is 0 Å². The first-order valence-electron chi connectivity index (χ1n) is 20.2. The molecule has 3 aromatic rings. The summed E-state index contributed by atoms with van der Waals surface area (Å²) in [6.45, 7) is 32.4. The van der Waals surface area contributed by atoms with Gasteiger partial charge in [0, 0.05) is 0 Å². The number of hydrogen-bond acceptors (Lipinski definition) is 0. The molecular weight excluding hydrogens is 684 g/mol. The molecule has 2 aliphatic rings. The summed E-state index contributed by atoms with van der Waals surface area (Å²) in [6, 6.07) is 22.8. The second kappa shape index (κ2) is 15.1. The van der Waals surface area contributed by atoms with Crippen LogP contribution < -0.4 is 5.19 Å². The van der Waals surface area contributed by atoms with Gasteiger partial charge in [0.25, 0.3) is 0 Å². The summed E-state index contributed by atoms with van der Waals surface area (Å²) >= 11 is -4.22. The van der Waals surface area contributed by atoms with Gasteiger partial charge < -0.3 is 0 Å². The Morgan fingerprint density at radius 3 is 1.35 bits per heavy atom. The number of hydrogen-bond donors (Lipinski definition) is 0. The van der Waals surface area contributed by atoms with Crippen LogP contribution in [0, 0.1) is 0 Å². The van der Waals surface area contributed by atoms with Crippen LogP contribution in [0.25, 0.3) is 12.2 Å². The second-order valence-electron chi connectivity index (χ2n) is 17.8. The second-order valence-corrected chi connectivity index (χ2v) is 50.1. The molecule has 2 heteroatoms. The van der Waals surface area contributed by atoms with E-state index in [2.05, 4.69) is 156 Å². The van der Waals surface area contributed by atoms with Gasteiger partial charge in [-0.05, 0) is 0 Å². The molecule has 0 heterocycles. The molecule has 0 saturated carbocycles. The fourth-order valence-electron chi connectivity index (χ4n) is 11.1. The zero-order chi connectivity index (χ0) is 35.9. The molecule has 0 aliphatic heterocycles. The van der Waals surface area contributed by atoms with Crippen molar-refractivity contribution in [2.45, 2.75) is 154 Å². The van der Waals surface area contributed by atoms with E-state index in [0.29, 0.717) is 30.9 Å². The van der Waals surface area contributed by atoms with Crippen molar-refractivity contribution in [3.63, 3.8) is 0 Å². The Hall–Kier alpha value is -1.76. The molecule has 0 saturated heterocycles. The zero-order valence-electron chi connectivity index (χ0n) is 33.6. The molecule has 0 N–H and O–H groups in total. The minimum atomic E-state index is -4.22. The molecule has 49 heavy (non-hydrogen) atoms. The van der Waals surface area contributed by atoms with Gasteiger partial charge in [-0.1, -0.05) is 0 Å². The molecule has 0 radical (unpaired) electrons. The summed E-state index contributed by atoms with van der Waals surface area (Å²) in [5.74, 6) is 0.535. The van der Waals surface area contributed by atoms with Crippen LogP contribution in [-0.2, 0) is 17.9 Å². The third-order valence-corrected chi connectivity index (χ3v) is 62.2. The van der Waals surface area contributed by atoms with Crippen LogP contribution in [0.3, 0.4) is 0 Å². The fraction of sp³-hybridized carbons (Fsp3) is 0.532. The summed E-state index contributed by atoms with van der Waals surface area (Å²) in [6.07, 6.45) is 10.7. The minimum absolute atomic E-state index is 0.516. The van der Waals surface area contributed by atoms with E-state index in [1.165, 1.54) is 33.9 Å². The summed E-state index contributed by atoms with van der Waals surface area (Å²) in [4.78, 5) is 0. The summed E-state index contributed by atoms with van der Waals surface area (Å²) in [7, 11) is 0. The van der Waals surface area contributed by atoms with Crippen LogP contribution in [0.15, 0.2) is 65.7 Å². The van der Waals surface area contributed by atoms with Crippen LogP contribution in [0.2, 0.25) is 14.8 Å². The fourth-order valence-corrected chi connectivity index (χ4v) is 65.3. The van der Waals surface area contributed by atoms with Crippen LogP contribution >= 0.6 is 0 Å². The number of benzene rings is 3. The molecule has 0 fully saturated rings. The topological polar surface area (TPSA) is 0 Å². The number of fused-ring (bicyclic) bond motifs is 2. The Bertz CT molecular complexity index is 1600. The van der Waals surface area contributed by atoms with Crippen molar-refractivity contribution in [2.24, 2.45) is 0 Å². The molecule has 0 nitrogen and oxygen atoms in total. The van der Waals surface area contributed by atoms with E-state index < -0.39 is 23.9 Å². The molecule has 0 aromatic heterocycles. The van der Waals surface area contributed by atoms with Crippen LogP contribution in [-0.4, -0.2) is 5.92 Å². The van der Waals surface area contributed by atoms with Crippen molar-refractivity contribution in [3.05, 3.63) is 110 Å². The van der Waals surface area contributed by atoms with Gasteiger partial charge in [0.15, 0.2) is 0 Å². The third-order valence-electron chi connectivity index (χ3n) is 13.6. The Labute approximate surface area is 304 Å². The maximum atomic E-state index is 2.88. The normalized spacial score (nSPS) is 18.9. The van der Waals surface area contributed by atoms with E-state index in [9.17, 15) is 0 Å². The Morgan fingerprint density at radius 1 is 0.592 bits per heavy atom. The first kappa shape index (κ1) is 38.5. The van der Waals surface area contributed by atoms with Crippen molar-refractivity contribution in [1.29, 1.82) is 0 Å². The van der Waals surface area contributed by atoms with Crippen molar-refractivity contribution in [3.8, 4) is 0 Å². The molecule has 3 aromatic carbocycles. The third kappa shape index (κ3) is 6.47.